The Morgan fingerprint density at radius 3 is 2.42 bits per heavy atom. The molecule has 0 N–H and O–H groups in total. The smallest absolute Gasteiger partial charge is 0.330 e. The Kier molecular flexibility index (Phi) is 5.02. The molecule has 0 bridgehead atoms. The number of methoxy groups -OCH3 is 1. The largest absolute Gasteiger partial charge is 0.467 e. The van der Waals surface area contributed by atoms with E-state index in [1.807, 2.05) is 26.8 Å². The van der Waals surface area contributed by atoms with Gasteiger partial charge in [0.15, 0.2) is 5.78 Å². The minimum atomic E-state index is -0.614. The molecule has 7 nitrogen and oxygen atoms in total. The van der Waals surface area contributed by atoms with Crippen molar-refractivity contribution in [1.82, 2.24) is 14.9 Å². The van der Waals surface area contributed by atoms with Crippen molar-refractivity contribution < 1.29 is 14.3 Å². The first kappa shape index (κ1) is 17.7. The summed E-state index contributed by atoms with van der Waals surface area (Å²) < 4.78 is 4.89. The van der Waals surface area contributed by atoms with Gasteiger partial charge in [0.2, 0.25) is 0 Å². The lowest BCUT2D eigenvalue weighted by atomic mass is 9.95. The maximum atomic E-state index is 12.1. The molecule has 0 spiro atoms. The van der Waals surface area contributed by atoms with Crippen molar-refractivity contribution in [1.29, 1.82) is 0 Å². The zero-order valence-electron chi connectivity index (χ0n) is 14.8. The topological polar surface area (TPSA) is 77.3 Å². The molecule has 1 heterocycles. The second kappa shape index (κ2) is 6.82. The summed E-state index contributed by atoms with van der Waals surface area (Å²) in [6, 6.07) is 1.23. The van der Waals surface area contributed by atoms with Crippen LogP contribution in [0.5, 0.6) is 0 Å². The summed E-state index contributed by atoms with van der Waals surface area (Å²) in [5, 5.41) is 5.88. The maximum Gasteiger partial charge on any atom is 0.330 e. The van der Waals surface area contributed by atoms with Crippen molar-refractivity contribution in [3.05, 3.63) is 41.0 Å². The van der Waals surface area contributed by atoms with E-state index in [9.17, 15) is 9.59 Å². The molecule has 1 atom stereocenters. The number of ketones is 1. The molecule has 0 aliphatic heterocycles. The van der Waals surface area contributed by atoms with Crippen LogP contribution in [0.25, 0.3) is 0 Å². The van der Waals surface area contributed by atoms with Gasteiger partial charge in [-0.3, -0.25) is 4.79 Å². The molecule has 0 radical (unpaired) electrons. The van der Waals surface area contributed by atoms with Crippen LogP contribution in [0.4, 0.5) is 5.69 Å². The highest BCUT2D eigenvalue weighted by molar-refractivity contribution is 5.97. The third-order valence-corrected chi connectivity index (χ3v) is 4.20. The van der Waals surface area contributed by atoms with E-state index >= 15 is 0 Å². The number of hydrogen-bond donors (Lipinski definition) is 0. The Morgan fingerprint density at radius 2 is 1.92 bits per heavy atom. The van der Waals surface area contributed by atoms with Crippen molar-refractivity contribution in [2.45, 2.75) is 40.7 Å². The number of rotatable bonds is 5. The minimum Gasteiger partial charge on any atom is -0.467 e. The molecule has 0 saturated heterocycles. The van der Waals surface area contributed by atoms with Crippen LogP contribution in [0.2, 0.25) is 0 Å². The number of hydrogen-bond acceptors (Lipinski definition) is 6. The third kappa shape index (κ3) is 3.02. The molecular weight excluding hydrogens is 308 g/mol. The lowest BCUT2D eigenvalue weighted by Gasteiger charge is -2.32. The maximum absolute atomic E-state index is 12.1. The second-order valence-corrected chi connectivity index (χ2v) is 5.76. The number of esters is 1. The van der Waals surface area contributed by atoms with E-state index < -0.39 is 12.0 Å². The Hall–Kier alpha value is -2.70. The summed E-state index contributed by atoms with van der Waals surface area (Å²) in [5.74, 6) is -0.379. The molecule has 2 rings (SSSR count). The zero-order valence-corrected chi connectivity index (χ0v) is 14.8. The van der Waals surface area contributed by atoms with E-state index in [1.54, 1.807) is 18.9 Å². The van der Waals surface area contributed by atoms with Crippen LogP contribution in [0, 0.1) is 20.8 Å². The van der Waals surface area contributed by atoms with Gasteiger partial charge in [-0.05, 0) is 57.4 Å². The predicted octanol–water partition coefficient (Wildman–Crippen LogP) is 2.24. The Labute approximate surface area is 141 Å². The van der Waals surface area contributed by atoms with Gasteiger partial charge in [-0.2, -0.15) is 4.79 Å². The first-order valence-electron chi connectivity index (χ1n) is 7.63. The van der Waals surface area contributed by atoms with Crippen molar-refractivity contribution in [2.75, 3.05) is 12.1 Å². The number of ether oxygens (including phenoxy) is 1. The molecule has 0 amide bonds. The van der Waals surface area contributed by atoms with Gasteiger partial charge in [0.1, 0.15) is 18.7 Å². The average Bonchev–Trinajstić information content (AvgIpc) is 3.07. The number of aromatic nitrogens is 3. The molecule has 1 unspecified atom stereocenters. The number of anilines is 1. The number of aryl methyl sites for hydroxylation is 1. The van der Waals surface area contributed by atoms with Crippen LogP contribution in [0.15, 0.2) is 18.7 Å². The van der Waals surface area contributed by atoms with Gasteiger partial charge in [-0.15, -0.1) is 5.10 Å². The highest BCUT2D eigenvalue weighted by Crippen LogP contribution is 2.32. The quantitative estimate of drug-likeness (QED) is 0.618. The van der Waals surface area contributed by atoms with Gasteiger partial charge in [-0.1, -0.05) is 0 Å². The first-order valence-corrected chi connectivity index (χ1v) is 7.63. The van der Waals surface area contributed by atoms with Crippen LogP contribution < -0.4 is 5.01 Å². The fraction of sp³-hybridized carbons (Fsp3) is 0.412. The monoisotopic (exact) mass is 330 g/mol. The summed E-state index contributed by atoms with van der Waals surface area (Å²) >= 11 is 0. The Bertz CT molecular complexity index is 769. The molecular formula is C17H22N4O3. The molecule has 1 aromatic heterocycles. The Morgan fingerprint density at radius 1 is 1.25 bits per heavy atom. The van der Waals surface area contributed by atoms with Crippen molar-refractivity contribution in [2.24, 2.45) is 0 Å². The predicted molar refractivity (Wildman–Crippen MR) is 90.0 cm³/mol. The van der Waals surface area contributed by atoms with E-state index in [0.717, 1.165) is 22.4 Å². The molecule has 0 fully saturated rings. The van der Waals surface area contributed by atoms with E-state index in [4.69, 9.17) is 4.74 Å². The minimum absolute atomic E-state index is 0.0126. The lowest BCUT2D eigenvalue weighted by molar-refractivity contribution is -0.142. The standard InChI is InChI=1S/C17H22N4O3/c1-10-7-15(14(5)22)11(2)12(3)16(10)21(13(4)17(23)24-6)20-9-18-8-19-20/h7-9,13H,1-6H3. The second-order valence-electron chi connectivity index (χ2n) is 5.76. The number of nitrogens with zero attached hydrogens (tertiary/aromatic N) is 4. The SMILES string of the molecule is COC(=O)C(C)N(c1c(C)cc(C(C)=O)c(C)c1C)n1cncn1. The normalized spacial score (nSPS) is 11.9. The van der Waals surface area contributed by atoms with Gasteiger partial charge in [0, 0.05) is 5.56 Å². The Balaban J connectivity index is 2.70. The van der Waals surface area contributed by atoms with Crippen LogP contribution in [0.3, 0.4) is 0 Å². The fourth-order valence-electron chi connectivity index (χ4n) is 2.84. The number of benzene rings is 1. The van der Waals surface area contributed by atoms with Gasteiger partial charge in [0.05, 0.1) is 12.8 Å². The lowest BCUT2D eigenvalue weighted by Crippen LogP contribution is -2.44. The number of carbonyl (C=O) groups is 2. The molecule has 0 aliphatic carbocycles. The highest BCUT2D eigenvalue weighted by Gasteiger charge is 2.28. The van der Waals surface area contributed by atoms with E-state index in [0.29, 0.717) is 5.56 Å². The third-order valence-electron chi connectivity index (χ3n) is 4.20. The molecule has 2 aromatic rings. The van der Waals surface area contributed by atoms with Gasteiger partial charge in [0.25, 0.3) is 0 Å². The van der Waals surface area contributed by atoms with Crippen LogP contribution >= 0.6 is 0 Å². The molecule has 128 valence electrons. The molecule has 7 heteroatoms. The first-order chi connectivity index (χ1) is 11.3. The summed E-state index contributed by atoms with van der Waals surface area (Å²) in [5.41, 5.74) is 4.14. The van der Waals surface area contributed by atoms with Gasteiger partial charge < -0.3 is 4.74 Å². The van der Waals surface area contributed by atoms with Crippen molar-refractivity contribution >= 4 is 17.4 Å². The fourth-order valence-corrected chi connectivity index (χ4v) is 2.84. The van der Waals surface area contributed by atoms with Crippen molar-refractivity contribution in [3.63, 3.8) is 0 Å². The summed E-state index contributed by atoms with van der Waals surface area (Å²) in [6.45, 7) is 9.02. The summed E-state index contributed by atoms with van der Waals surface area (Å²) in [6.07, 6.45) is 2.92. The number of carbonyl (C=O) groups excluding carboxylic acids is 2. The van der Waals surface area contributed by atoms with E-state index in [1.165, 1.54) is 24.6 Å². The van der Waals surface area contributed by atoms with Gasteiger partial charge >= 0.3 is 5.97 Å². The molecule has 24 heavy (non-hydrogen) atoms. The molecule has 1 aromatic carbocycles. The van der Waals surface area contributed by atoms with Crippen molar-refractivity contribution in [3.8, 4) is 0 Å². The average molecular weight is 330 g/mol. The van der Waals surface area contributed by atoms with Gasteiger partial charge in [-0.25, -0.2) is 14.8 Å². The van der Waals surface area contributed by atoms with Crippen LogP contribution in [-0.2, 0) is 9.53 Å². The molecule has 0 saturated carbocycles. The van der Waals surface area contributed by atoms with E-state index in [-0.39, 0.29) is 5.78 Å². The molecule has 0 aliphatic rings. The zero-order chi connectivity index (χ0) is 18.0. The highest BCUT2D eigenvalue weighted by atomic mass is 16.5. The summed E-state index contributed by atoms with van der Waals surface area (Å²) in [7, 11) is 1.35. The van der Waals surface area contributed by atoms with Crippen LogP contribution in [-0.4, -0.2) is 39.8 Å². The van der Waals surface area contributed by atoms with Crippen LogP contribution in [0.1, 0.15) is 40.9 Å². The summed E-state index contributed by atoms with van der Waals surface area (Å²) in [4.78, 5) is 29.4. The van der Waals surface area contributed by atoms with E-state index in [2.05, 4.69) is 10.1 Å². The number of Topliss-reactive ketones (excluding diaryl/α,β-unsaturated/α-hetero) is 1.